The maximum absolute atomic E-state index is 5.44. The first-order valence-corrected chi connectivity index (χ1v) is 2.91. The van der Waals surface area contributed by atoms with Crippen LogP contribution < -0.4 is 10.5 Å². The molecule has 0 spiro atoms. The highest BCUT2D eigenvalue weighted by atomic mass is 32.2. The van der Waals surface area contributed by atoms with Gasteiger partial charge in [0.25, 0.3) is 0 Å². The summed E-state index contributed by atoms with van der Waals surface area (Å²) in [6.07, 6.45) is 1.12. The monoisotopic (exact) mass is 104 g/mol. The van der Waals surface area contributed by atoms with Gasteiger partial charge in [-0.1, -0.05) is 11.9 Å². The molecule has 0 aromatic heterocycles. The Morgan fingerprint density at radius 3 is 2.83 bits per heavy atom. The lowest BCUT2D eigenvalue weighted by Gasteiger charge is -1.90. The molecule has 0 bridgehead atoms. The molecule has 3 heteroatoms. The second-order valence-electron chi connectivity index (χ2n) is 1.34. The molecule has 0 saturated carbocycles. The molecule has 1 atom stereocenters. The van der Waals surface area contributed by atoms with Gasteiger partial charge in [-0.2, -0.15) is 0 Å². The van der Waals surface area contributed by atoms with Crippen LogP contribution in [0, 0.1) is 0 Å². The first-order valence-electron chi connectivity index (χ1n) is 2.03. The first-order chi connectivity index (χ1) is 2.89. The van der Waals surface area contributed by atoms with Crippen LogP contribution >= 0.6 is 11.9 Å². The lowest BCUT2D eigenvalue weighted by Crippen LogP contribution is -2.09. The van der Waals surface area contributed by atoms with Gasteiger partial charge in [0.15, 0.2) is 0 Å². The highest BCUT2D eigenvalue weighted by molar-refractivity contribution is 7.98. The van der Waals surface area contributed by atoms with Crippen LogP contribution in [0.5, 0.6) is 0 Å². The molecule has 0 aromatic rings. The number of nitrogens with one attached hydrogen (secondary N) is 1. The predicted octanol–water partition coefficient (Wildman–Crippen LogP) is -0.0873. The molecule has 0 aromatic carbocycles. The van der Waals surface area contributed by atoms with Crippen LogP contribution in [0.25, 0.3) is 0 Å². The zero-order valence-corrected chi connectivity index (χ0v) is 4.29. The molecular weight excluding hydrogens is 96.1 g/mol. The molecule has 3 N–H and O–H groups in total. The molecule has 1 unspecified atom stereocenters. The zero-order chi connectivity index (χ0) is 4.41. The standard InChI is InChI=1S/C3H8N2S/c4-3-1-2-5-6-3/h3,5H,1-2,4H2. The van der Waals surface area contributed by atoms with Crippen molar-refractivity contribution in [2.45, 2.75) is 11.8 Å². The summed E-state index contributed by atoms with van der Waals surface area (Å²) in [5.41, 5.74) is 5.44. The fourth-order valence-electron chi connectivity index (χ4n) is 0.426. The lowest BCUT2D eigenvalue weighted by molar-refractivity contribution is 0.826. The van der Waals surface area contributed by atoms with Crippen LogP contribution in [0.3, 0.4) is 0 Å². The fourth-order valence-corrected chi connectivity index (χ4v) is 1.11. The van der Waals surface area contributed by atoms with Gasteiger partial charge in [-0.15, -0.1) is 0 Å². The molecule has 1 heterocycles. The third kappa shape index (κ3) is 0.864. The zero-order valence-electron chi connectivity index (χ0n) is 3.48. The van der Waals surface area contributed by atoms with Crippen molar-refractivity contribution in [3.8, 4) is 0 Å². The fraction of sp³-hybridized carbons (Fsp3) is 1.00. The summed E-state index contributed by atoms with van der Waals surface area (Å²) < 4.78 is 3.06. The van der Waals surface area contributed by atoms with E-state index in [4.69, 9.17) is 5.73 Å². The Morgan fingerprint density at radius 1 is 1.83 bits per heavy atom. The van der Waals surface area contributed by atoms with E-state index < -0.39 is 0 Å². The molecule has 1 saturated heterocycles. The molecular formula is C3H8N2S. The average Bonchev–Trinajstić information content (AvgIpc) is 1.86. The van der Waals surface area contributed by atoms with E-state index in [1.807, 2.05) is 0 Å². The van der Waals surface area contributed by atoms with E-state index >= 15 is 0 Å². The topological polar surface area (TPSA) is 38.0 Å². The first kappa shape index (κ1) is 4.43. The van der Waals surface area contributed by atoms with Gasteiger partial charge in [0, 0.05) is 6.54 Å². The van der Waals surface area contributed by atoms with Crippen molar-refractivity contribution >= 4 is 11.9 Å². The summed E-state index contributed by atoms with van der Waals surface area (Å²) in [5.74, 6) is 0. The van der Waals surface area contributed by atoms with Crippen LogP contribution in [0.15, 0.2) is 0 Å². The Labute approximate surface area is 41.6 Å². The van der Waals surface area contributed by atoms with E-state index in [-0.39, 0.29) is 0 Å². The third-order valence-corrected chi connectivity index (χ3v) is 1.67. The van der Waals surface area contributed by atoms with E-state index in [1.165, 1.54) is 0 Å². The van der Waals surface area contributed by atoms with Crippen molar-refractivity contribution in [1.29, 1.82) is 0 Å². The van der Waals surface area contributed by atoms with Crippen molar-refractivity contribution in [3.63, 3.8) is 0 Å². The van der Waals surface area contributed by atoms with Gasteiger partial charge in [0.2, 0.25) is 0 Å². The Morgan fingerprint density at radius 2 is 2.67 bits per heavy atom. The normalized spacial score (nSPS) is 34.5. The molecule has 2 nitrogen and oxygen atoms in total. The minimum absolute atomic E-state index is 0.352. The van der Waals surface area contributed by atoms with E-state index in [0.29, 0.717) is 5.37 Å². The summed E-state index contributed by atoms with van der Waals surface area (Å²) >= 11 is 1.62. The van der Waals surface area contributed by atoms with Crippen molar-refractivity contribution in [2.75, 3.05) is 6.54 Å². The molecule has 1 fully saturated rings. The predicted molar refractivity (Wildman–Crippen MR) is 28.2 cm³/mol. The van der Waals surface area contributed by atoms with E-state index in [9.17, 15) is 0 Å². The van der Waals surface area contributed by atoms with E-state index in [1.54, 1.807) is 11.9 Å². The van der Waals surface area contributed by atoms with Gasteiger partial charge in [-0.25, -0.2) is 0 Å². The number of rotatable bonds is 0. The Bertz CT molecular complexity index is 42.1. The maximum Gasteiger partial charge on any atom is 0.0666 e. The Kier molecular flexibility index (Phi) is 1.34. The molecule has 1 aliphatic rings. The summed E-state index contributed by atoms with van der Waals surface area (Å²) in [5, 5.41) is 0.352. The van der Waals surface area contributed by atoms with E-state index in [2.05, 4.69) is 4.72 Å². The maximum atomic E-state index is 5.44. The molecule has 0 aliphatic carbocycles. The quantitative estimate of drug-likeness (QED) is 0.422. The van der Waals surface area contributed by atoms with Crippen LogP contribution in [0.4, 0.5) is 0 Å². The van der Waals surface area contributed by atoms with Gasteiger partial charge in [-0.3, -0.25) is 4.72 Å². The second-order valence-corrected chi connectivity index (χ2v) is 2.47. The number of nitrogens with two attached hydrogens (primary N) is 1. The average molecular weight is 104 g/mol. The van der Waals surface area contributed by atoms with Gasteiger partial charge < -0.3 is 5.73 Å². The molecule has 0 radical (unpaired) electrons. The van der Waals surface area contributed by atoms with Crippen molar-refractivity contribution < 1.29 is 0 Å². The van der Waals surface area contributed by atoms with Crippen LogP contribution in [-0.4, -0.2) is 11.9 Å². The SMILES string of the molecule is NC1CCNS1. The minimum Gasteiger partial charge on any atom is -0.318 e. The molecule has 1 aliphatic heterocycles. The van der Waals surface area contributed by atoms with Gasteiger partial charge in [-0.05, 0) is 6.42 Å². The largest absolute Gasteiger partial charge is 0.318 e. The highest BCUT2D eigenvalue weighted by Gasteiger charge is 2.07. The summed E-state index contributed by atoms with van der Waals surface area (Å²) in [7, 11) is 0. The number of hydrogen-bond acceptors (Lipinski definition) is 3. The minimum atomic E-state index is 0.352. The summed E-state index contributed by atoms with van der Waals surface area (Å²) in [6, 6.07) is 0. The van der Waals surface area contributed by atoms with Crippen molar-refractivity contribution in [1.82, 2.24) is 4.72 Å². The summed E-state index contributed by atoms with van der Waals surface area (Å²) in [4.78, 5) is 0. The number of hydrogen-bond donors (Lipinski definition) is 2. The van der Waals surface area contributed by atoms with Gasteiger partial charge >= 0.3 is 0 Å². The smallest absolute Gasteiger partial charge is 0.0666 e. The van der Waals surface area contributed by atoms with Crippen LogP contribution in [0.2, 0.25) is 0 Å². The summed E-state index contributed by atoms with van der Waals surface area (Å²) in [6.45, 7) is 1.08. The van der Waals surface area contributed by atoms with Crippen molar-refractivity contribution in [2.24, 2.45) is 5.73 Å². The highest BCUT2D eigenvalue weighted by Crippen LogP contribution is 2.09. The molecule has 1 rings (SSSR count). The van der Waals surface area contributed by atoms with Gasteiger partial charge in [0.05, 0.1) is 5.37 Å². The lowest BCUT2D eigenvalue weighted by atomic mass is 10.4. The van der Waals surface area contributed by atoms with Crippen LogP contribution in [-0.2, 0) is 0 Å². The van der Waals surface area contributed by atoms with Crippen LogP contribution in [0.1, 0.15) is 6.42 Å². The third-order valence-electron chi connectivity index (χ3n) is 0.766. The molecule has 0 amide bonds. The van der Waals surface area contributed by atoms with Gasteiger partial charge in [0.1, 0.15) is 0 Å². The van der Waals surface area contributed by atoms with Crippen molar-refractivity contribution in [3.05, 3.63) is 0 Å². The molecule has 6 heavy (non-hydrogen) atoms. The second kappa shape index (κ2) is 1.82. The molecule has 36 valence electrons. The van der Waals surface area contributed by atoms with E-state index in [0.717, 1.165) is 13.0 Å². The Hall–Kier alpha value is 0.270. The Balaban J connectivity index is 2.18.